The molecule has 88 valence electrons. The van der Waals surface area contributed by atoms with Gasteiger partial charge in [0.1, 0.15) is 0 Å². The van der Waals surface area contributed by atoms with Gasteiger partial charge in [-0.15, -0.1) is 0 Å². The summed E-state index contributed by atoms with van der Waals surface area (Å²) in [5.74, 6) is 0. The van der Waals surface area contributed by atoms with Crippen molar-refractivity contribution in [3.8, 4) is 0 Å². The fourth-order valence-corrected chi connectivity index (χ4v) is 2.55. The topological polar surface area (TPSA) is 37.8 Å². The Morgan fingerprint density at radius 1 is 1.31 bits per heavy atom. The van der Waals surface area contributed by atoms with Crippen LogP contribution in [0.3, 0.4) is 0 Å². The third kappa shape index (κ3) is 2.55. The van der Waals surface area contributed by atoms with E-state index in [0.717, 1.165) is 18.5 Å². The van der Waals surface area contributed by atoms with Crippen LogP contribution in [0.5, 0.6) is 0 Å². The van der Waals surface area contributed by atoms with E-state index in [9.17, 15) is 0 Å². The molecule has 1 heterocycles. The Morgan fingerprint density at radius 3 is 2.50 bits per heavy atom. The third-order valence-electron chi connectivity index (χ3n) is 2.81. The summed E-state index contributed by atoms with van der Waals surface area (Å²) in [5.41, 5.74) is 1.14. The predicted molar refractivity (Wildman–Crippen MR) is 68.0 cm³/mol. The molecule has 2 rings (SSSR count). The van der Waals surface area contributed by atoms with E-state index in [0.29, 0.717) is 0 Å². The van der Waals surface area contributed by atoms with Gasteiger partial charge in [0.05, 0.1) is 17.4 Å². The van der Waals surface area contributed by atoms with E-state index in [1.165, 1.54) is 6.42 Å². The summed E-state index contributed by atoms with van der Waals surface area (Å²) in [4.78, 5) is 8.60. The summed E-state index contributed by atoms with van der Waals surface area (Å²) in [5, 5.41) is 0. The Balaban J connectivity index is 2.09. The van der Waals surface area contributed by atoms with Crippen LogP contribution in [0.2, 0.25) is 0 Å². The minimum Gasteiger partial charge on any atom is -0.261 e. The molecule has 0 spiro atoms. The maximum Gasteiger partial charge on any atom is 0.0795 e. The van der Waals surface area contributed by atoms with Gasteiger partial charge in [-0.3, -0.25) is 14.7 Å². The number of rotatable bonds is 3. The highest BCUT2D eigenvalue weighted by molar-refractivity contribution is 7.98. The molecule has 4 heteroatoms. The highest BCUT2D eigenvalue weighted by Gasteiger charge is 2.40. The largest absolute Gasteiger partial charge is 0.261 e. The molecule has 1 aliphatic rings. The average molecular weight is 237 g/mol. The van der Waals surface area contributed by atoms with E-state index in [2.05, 4.69) is 35.5 Å². The molecule has 1 aliphatic carbocycles. The molecule has 1 aromatic heterocycles. The quantitative estimate of drug-likeness (QED) is 0.820. The van der Waals surface area contributed by atoms with Gasteiger partial charge in [0, 0.05) is 17.1 Å². The van der Waals surface area contributed by atoms with Crippen LogP contribution in [0, 0.1) is 0 Å². The first-order chi connectivity index (χ1) is 7.52. The van der Waals surface area contributed by atoms with Crippen molar-refractivity contribution in [3.63, 3.8) is 0 Å². The summed E-state index contributed by atoms with van der Waals surface area (Å²) in [6, 6.07) is 0. The third-order valence-corrected chi connectivity index (χ3v) is 3.92. The summed E-state index contributed by atoms with van der Waals surface area (Å²) in [7, 11) is 0. The molecule has 1 aromatic rings. The second kappa shape index (κ2) is 4.34. The molecule has 0 aliphatic heterocycles. The first-order valence-electron chi connectivity index (χ1n) is 5.74. The Bertz CT molecular complexity index is 341. The highest BCUT2D eigenvalue weighted by atomic mass is 32.2. The smallest absolute Gasteiger partial charge is 0.0795 e. The molecule has 0 bridgehead atoms. The SMILES string of the molecule is CC(C)(C)SNC1(c2cnccn2)CCC1. The number of aromatic nitrogens is 2. The molecule has 0 atom stereocenters. The van der Waals surface area contributed by atoms with Crippen molar-refractivity contribution in [2.45, 2.75) is 50.3 Å². The highest BCUT2D eigenvalue weighted by Crippen LogP contribution is 2.42. The molecule has 0 amide bonds. The van der Waals surface area contributed by atoms with Crippen molar-refractivity contribution in [1.29, 1.82) is 0 Å². The monoisotopic (exact) mass is 237 g/mol. The summed E-state index contributed by atoms with van der Waals surface area (Å²) < 4.78 is 3.83. The van der Waals surface area contributed by atoms with Crippen LogP contribution in [0.1, 0.15) is 45.7 Å². The molecule has 3 nitrogen and oxygen atoms in total. The van der Waals surface area contributed by atoms with Crippen LogP contribution >= 0.6 is 11.9 Å². The van der Waals surface area contributed by atoms with Gasteiger partial charge in [-0.1, -0.05) is 11.9 Å². The number of hydrogen-bond acceptors (Lipinski definition) is 4. The number of nitrogens with zero attached hydrogens (tertiary/aromatic N) is 2. The zero-order chi connectivity index (χ0) is 11.6. The molecule has 0 unspecified atom stereocenters. The van der Waals surface area contributed by atoms with Gasteiger partial charge in [0.2, 0.25) is 0 Å². The first-order valence-corrected chi connectivity index (χ1v) is 6.55. The van der Waals surface area contributed by atoms with E-state index >= 15 is 0 Å². The van der Waals surface area contributed by atoms with Gasteiger partial charge in [-0.2, -0.15) is 0 Å². The van der Waals surface area contributed by atoms with E-state index < -0.39 is 0 Å². The molecular weight excluding hydrogens is 218 g/mol. The number of nitrogens with one attached hydrogen (secondary N) is 1. The fourth-order valence-electron chi connectivity index (χ4n) is 1.74. The predicted octanol–water partition coefficient (Wildman–Crippen LogP) is 2.89. The van der Waals surface area contributed by atoms with Crippen molar-refractivity contribution in [1.82, 2.24) is 14.7 Å². The normalized spacial score (nSPS) is 19.2. The van der Waals surface area contributed by atoms with Gasteiger partial charge in [0.15, 0.2) is 0 Å². The van der Waals surface area contributed by atoms with Gasteiger partial charge in [-0.05, 0) is 40.0 Å². The van der Waals surface area contributed by atoms with E-state index in [1.54, 1.807) is 24.3 Å². The fraction of sp³-hybridized carbons (Fsp3) is 0.667. The molecule has 16 heavy (non-hydrogen) atoms. The molecule has 0 aromatic carbocycles. The molecule has 1 N–H and O–H groups in total. The van der Waals surface area contributed by atoms with Crippen molar-refractivity contribution in [3.05, 3.63) is 24.3 Å². The van der Waals surface area contributed by atoms with Gasteiger partial charge < -0.3 is 0 Å². The molecule has 0 saturated heterocycles. The summed E-state index contributed by atoms with van der Waals surface area (Å²) >= 11 is 1.79. The Kier molecular flexibility index (Phi) is 3.22. The van der Waals surface area contributed by atoms with Crippen LogP contribution in [-0.4, -0.2) is 14.7 Å². The maximum absolute atomic E-state index is 4.44. The van der Waals surface area contributed by atoms with Gasteiger partial charge in [0.25, 0.3) is 0 Å². The maximum atomic E-state index is 4.44. The lowest BCUT2D eigenvalue weighted by Crippen LogP contribution is -2.46. The van der Waals surface area contributed by atoms with E-state index in [1.807, 2.05) is 6.20 Å². The van der Waals surface area contributed by atoms with Crippen molar-refractivity contribution >= 4 is 11.9 Å². The zero-order valence-electron chi connectivity index (χ0n) is 10.2. The average Bonchev–Trinajstić information content (AvgIpc) is 2.16. The van der Waals surface area contributed by atoms with Crippen LogP contribution in [-0.2, 0) is 5.54 Å². The standard InChI is InChI=1S/C12H19N3S/c1-11(2,3)16-15-12(5-4-6-12)10-9-13-7-8-14-10/h7-9,15H,4-6H2,1-3H3. The lowest BCUT2D eigenvalue weighted by Gasteiger charge is -2.42. The Labute approximate surface area is 102 Å². The zero-order valence-corrected chi connectivity index (χ0v) is 11.0. The summed E-state index contributed by atoms with van der Waals surface area (Å²) in [6.45, 7) is 6.65. The summed E-state index contributed by atoms with van der Waals surface area (Å²) in [6.07, 6.45) is 8.98. The molecule has 0 radical (unpaired) electrons. The van der Waals surface area contributed by atoms with Crippen molar-refractivity contribution in [2.75, 3.05) is 0 Å². The lowest BCUT2D eigenvalue weighted by atomic mass is 9.75. The van der Waals surface area contributed by atoms with Gasteiger partial charge >= 0.3 is 0 Å². The number of hydrogen-bond donors (Lipinski definition) is 1. The Morgan fingerprint density at radius 2 is 2.06 bits per heavy atom. The van der Waals surface area contributed by atoms with E-state index in [-0.39, 0.29) is 10.3 Å². The second-order valence-electron chi connectivity index (χ2n) is 5.34. The first kappa shape index (κ1) is 11.9. The van der Waals surface area contributed by atoms with E-state index in [4.69, 9.17) is 0 Å². The minimum atomic E-state index is 0.0617. The van der Waals surface area contributed by atoms with Crippen LogP contribution in [0.15, 0.2) is 18.6 Å². The van der Waals surface area contributed by atoms with Crippen LogP contribution < -0.4 is 4.72 Å². The Hall–Kier alpha value is -0.610. The van der Waals surface area contributed by atoms with Crippen molar-refractivity contribution in [2.24, 2.45) is 0 Å². The molecule has 1 saturated carbocycles. The molecule has 1 fully saturated rings. The lowest BCUT2D eigenvalue weighted by molar-refractivity contribution is 0.222. The van der Waals surface area contributed by atoms with Gasteiger partial charge in [-0.25, -0.2) is 0 Å². The van der Waals surface area contributed by atoms with Crippen LogP contribution in [0.25, 0.3) is 0 Å². The van der Waals surface area contributed by atoms with Crippen LogP contribution in [0.4, 0.5) is 0 Å². The second-order valence-corrected chi connectivity index (χ2v) is 6.98. The minimum absolute atomic E-state index is 0.0617. The van der Waals surface area contributed by atoms with Crippen molar-refractivity contribution < 1.29 is 0 Å². The molecular formula is C12H19N3S.